The topological polar surface area (TPSA) is 114 Å². The van der Waals surface area contributed by atoms with E-state index in [1.54, 1.807) is 24.3 Å². The van der Waals surface area contributed by atoms with Crippen molar-refractivity contribution in [3.8, 4) is 34.5 Å². The van der Waals surface area contributed by atoms with Crippen LogP contribution in [0.4, 0.5) is 0 Å². The molecular weight excluding hydrogens is 584 g/mol. The Hall–Kier alpha value is -3.90. The smallest absolute Gasteiger partial charge is 0.338 e. The van der Waals surface area contributed by atoms with Gasteiger partial charge in [-0.1, -0.05) is 0 Å². The van der Waals surface area contributed by atoms with Gasteiger partial charge in [0.1, 0.15) is 6.10 Å². The van der Waals surface area contributed by atoms with Crippen molar-refractivity contribution in [1.29, 1.82) is 0 Å². The number of cyclic esters (lactones) is 1. The van der Waals surface area contributed by atoms with E-state index in [2.05, 4.69) is 9.80 Å². The molecule has 0 aliphatic carbocycles. The van der Waals surface area contributed by atoms with Crippen LogP contribution in [0.3, 0.4) is 0 Å². The van der Waals surface area contributed by atoms with Gasteiger partial charge >= 0.3 is 11.9 Å². The van der Waals surface area contributed by atoms with Crippen molar-refractivity contribution in [3.05, 3.63) is 35.4 Å². The Labute approximate surface area is 265 Å². The molecule has 0 aromatic heterocycles. The second kappa shape index (κ2) is 17.0. The first-order valence-corrected chi connectivity index (χ1v) is 15.4. The lowest BCUT2D eigenvalue weighted by atomic mass is 10.1. The van der Waals surface area contributed by atoms with Crippen LogP contribution in [0.5, 0.6) is 34.5 Å². The predicted octanol–water partition coefficient (Wildman–Crippen LogP) is 4.07. The zero-order chi connectivity index (χ0) is 32.2. The average molecular weight is 631 g/mol. The van der Waals surface area contributed by atoms with Crippen molar-refractivity contribution in [3.63, 3.8) is 0 Å². The maximum atomic E-state index is 13.4. The highest BCUT2D eigenvalue weighted by atomic mass is 16.6. The molecule has 4 bridgehead atoms. The van der Waals surface area contributed by atoms with E-state index in [0.29, 0.717) is 78.1 Å². The number of ether oxygens (including phenoxy) is 8. The molecule has 1 saturated heterocycles. The van der Waals surface area contributed by atoms with E-state index >= 15 is 0 Å². The van der Waals surface area contributed by atoms with Gasteiger partial charge in [0.25, 0.3) is 0 Å². The summed E-state index contributed by atoms with van der Waals surface area (Å²) in [5, 5.41) is 0. The first kappa shape index (κ1) is 34.0. The van der Waals surface area contributed by atoms with Crippen molar-refractivity contribution in [2.45, 2.75) is 38.2 Å². The predicted molar refractivity (Wildman–Crippen MR) is 167 cm³/mol. The van der Waals surface area contributed by atoms with Gasteiger partial charge in [-0.15, -0.1) is 0 Å². The summed E-state index contributed by atoms with van der Waals surface area (Å²) in [6.45, 7) is 6.07. The summed E-state index contributed by atoms with van der Waals surface area (Å²) >= 11 is 0. The third kappa shape index (κ3) is 9.07. The van der Waals surface area contributed by atoms with Crippen LogP contribution in [0.1, 0.15) is 52.8 Å². The summed E-state index contributed by atoms with van der Waals surface area (Å²) in [6, 6.07) is 6.40. The molecule has 2 aliphatic heterocycles. The number of benzene rings is 2. The van der Waals surface area contributed by atoms with Crippen LogP contribution in [-0.4, -0.2) is 116 Å². The highest BCUT2D eigenvalue weighted by molar-refractivity contribution is 5.92. The SMILES string of the molecule is COc1cc(C(=O)OC2CCCOc3cc(cc(OC)c3OC)C(=O)OCCCN3CCCN(CC2)CC3)cc(OC)c1OC. The van der Waals surface area contributed by atoms with Gasteiger partial charge in [-0.3, -0.25) is 0 Å². The first-order chi connectivity index (χ1) is 21.9. The summed E-state index contributed by atoms with van der Waals surface area (Å²) in [7, 11) is 7.55. The van der Waals surface area contributed by atoms with Gasteiger partial charge in [0.15, 0.2) is 23.0 Å². The molecule has 12 heteroatoms. The number of methoxy groups -OCH3 is 5. The van der Waals surface area contributed by atoms with Gasteiger partial charge < -0.3 is 47.7 Å². The molecular formula is C33H46N2O10. The van der Waals surface area contributed by atoms with Crippen LogP contribution in [-0.2, 0) is 9.47 Å². The van der Waals surface area contributed by atoms with Crippen molar-refractivity contribution in [1.82, 2.24) is 9.80 Å². The maximum Gasteiger partial charge on any atom is 0.338 e. The lowest BCUT2D eigenvalue weighted by molar-refractivity contribution is 0.0221. The summed E-state index contributed by atoms with van der Waals surface area (Å²) in [5.41, 5.74) is 0.630. The molecule has 3 atom stereocenters. The molecule has 4 rings (SSSR count). The Kier molecular flexibility index (Phi) is 12.8. The van der Waals surface area contributed by atoms with E-state index in [-0.39, 0.29) is 6.10 Å². The monoisotopic (exact) mass is 630 g/mol. The molecule has 248 valence electrons. The zero-order valence-corrected chi connectivity index (χ0v) is 27.1. The molecule has 12 nitrogen and oxygen atoms in total. The maximum absolute atomic E-state index is 13.4. The summed E-state index contributed by atoms with van der Waals surface area (Å²) in [4.78, 5) is 31.2. The fourth-order valence-electron chi connectivity index (χ4n) is 5.66. The minimum absolute atomic E-state index is 0.301. The Morgan fingerprint density at radius 2 is 1.27 bits per heavy atom. The fourth-order valence-corrected chi connectivity index (χ4v) is 5.66. The molecule has 2 aromatic rings. The number of rotatable bonds is 7. The Morgan fingerprint density at radius 3 is 1.91 bits per heavy atom. The van der Waals surface area contributed by atoms with E-state index < -0.39 is 11.9 Å². The van der Waals surface area contributed by atoms with Crippen molar-refractivity contribution in [2.24, 2.45) is 0 Å². The molecule has 45 heavy (non-hydrogen) atoms. The van der Waals surface area contributed by atoms with Gasteiger partial charge in [-0.25, -0.2) is 9.59 Å². The van der Waals surface area contributed by atoms with Gasteiger partial charge in [0.2, 0.25) is 11.5 Å². The molecule has 1 fully saturated rings. The lowest BCUT2D eigenvalue weighted by Gasteiger charge is -2.25. The molecule has 0 saturated carbocycles. The molecule has 0 amide bonds. The first-order valence-electron chi connectivity index (χ1n) is 15.4. The quantitative estimate of drug-likeness (QED) is 0.411. The van der Waals surface area contributed by atoms with Crippen LogP contribution in [0, 0.1) is 0 Å². The van der Waals surface area contributed by atoms with E-state index in [1.165, 1.54) is 35.5 Å². The summed E-state index contributed by atoms with van der Waals surface area (Å²) < 4.78 is 45.1. The Bertz CT molecular complexity index is 1260. The van der Waals surface area contributed by atoms with E-state index in [1.807, 2.05) is 0 Å². The van der Waals surface area contributed by atoms with Gasteiger partial charge in [0.05, 0.1) is 59.9 Å². The molecule has 2 heterocycles. The van der Waals surface area contributed by atoms with Gasteiger partial charge in [0, 0.05) is 26.2 Å². The van der Waals surface area contributed by atoms with Crippen LogP contribution < -0.4 is 28.4 Å². The minimum atomic E-state index is -0.474. The molecule has 2 aromatic carbocycles. The highest BCUT2D eigenvalue weighted by Gasteiger charge is 2.24. The molecule has 0 N–H and O–H groups in total. The van der Waals surface area contributed by atoms with Gasteiger partial charge in [-0.2, -0.15) is 0 Å². The Morgan fingerprint density at radius 1 is 0.667 bits per heavy atom. The fraction of sp³-hybridized carbons (Fsp3) is 0.576. The average Bonchev–Trinajstić information content (AvgIpc) is 3.30. The standard InChI is InChI=1S/C33H46N2O10/c1-38-26-20-24(21-27(39-2)30(26)41-4)33(37)45-25-9-6-17-43-29-22-23(19-28(40-3)31(29)42-5)32(36)44-18-8-13-34-11-7-12-35(14-10-25)16-15-34/h19-22,25H,6-18H2,1-5H3. The van der Waals surface area contributed by atoms with E-state index in [9.17, 15) is 9.59 Å². The zero-order valence-electron chi connectivity index (χ0n) is 27.1. The van der Waals surface area contributed by atoms with Crippen LogP contribution in [0.15, 0.2) is 24.3 Å². The van der Waals surface area contributed by atoms with Crippen LogP contribution >= 0.6 is 0 Å². The molecule has 2 aliphatic rings. The number of esters is 2. The number of carbonyl (C=O) groups excluding carboxylic acids is 2. The van der Waals surface area contributed by atoms with Crippen LogP contribution in [0.2, 0.25) is 0 Å². The lowest BCUT2D eigenvalue weighted by Crippen LogP contribution is -2.34. The van der Waals surface area contributed by atoms with Crippen molar-refractivity contribution in [2.75, 3.05) is 88.0 Å². The third-order valence-corrected chi connectivity index (χ3v) is 8.08. The van der Waals surface area contributed by atoms with E-state index in [4.69, 9.17) is 37.9 Å². The second-order valence-electron chi connectivity index (χ2n) is 11.0. The molecule has 3 unspecified atom stereocenters. The summed E-state index contributed by atoms with van der Waals surface area (Å²) in [5.74, 6) is 1.37. The molecule has 0 spiro atoms. The third-order valence-electron chi connectivity index (χ3n) is 8.08. The number of carbonyl (C=O) groups is 2. The second-order valence-corrected chi connectivity index (χ2v) is 11.0. The highest BCUT2D eigenvalue weighted by Crippen LogP contribution is 2.40. The number of fused-ring (bicyclic) bond motifs is 5. The largest absolute Gasteiger partial charge is 0.493 e. The van der Waals surface area contributed by atoms with Crippen molar-refractivity contribution >= 4 is 11.9 Å². The van der Waals surface area contributed by atoms with Crippen molar-refractivity contribution < 1.29 is 47.5 Å². The number of nitrogens with zero attached hydrogens (tertiary/aromatic N) is 2. The van der Waals surface area contributed by atoms with Gasteiger partial charge in [-0.05, 0) is 69.5 Å². The normalized spacial score (nSPS) is 21.4. The summed E-state index contributed by atoms with van der Waals surface area (Å²) in [6.07, 6.45) is 3.24. The van der Waals surface area contributed by atoms with E-state index in [0.717, 1.165) is 52.1 Å². The number of hydrogen-bond acceptors (Lipinski definition) is 12. The van der Waals surface area contributed by atoms with Crippen LogP contribution in [0.25, 0.3) is 0 Å². The Balaban J connectivity index is 1.55. The molecule has 0 radical (unpaired) electrons. The number of hydrogen-bond donors (Lipinski definition) is 0. The minimum Gasteiger partial charge on any atom is -0.493 e.